The van der Waals surface area contributed by atoms with Crippen LogP contribution in [-0.2, 0) is 15.7 Å². The van der Waals surface area contributed by atoms with Crippen molar-refractivity contribution in [2.45, 2.75) is 13.1 Å². The Balaban J connectivity index is 1.95. The molecular weight excluding hydrogens is 359 g/mol. The summed E-state index contributed by atoms with van der Waals surface area (Å²) in [4.78, 5) is 23.5. The van der Waals surface area contributed by atoms with Gasteiger partial charge in [0.2, 0.25) is 0 Å². The van der Waals surface area contributed by atoms with Gasteiger partial charge in [0.1, 0.15) is 0 Å². The summed E-state index contributed by atoms with van der Waals surface area (Å²) < 4.78 is 42.6. The molecule has 1 amide bonds. The number of anilines is 1. The van der Waals surface area contributed by atoms with E-state index in [9.17, 15) is 22.8 Å². The number of carbonyl (C=O) groups excluding carboxylic acids is 2. The van der Waals surface area contributed by atoms with Gasteiger partial charge in [-0.25, -0.2) is 4.79 Å². The van der Waals surface area contributed by atoms with Gasteiger partial charge in [-0.1, -0.05) is 23.7 Å². The molecule has 0 saturated carbocycles. The van der Waals surface area contributed by atoms with E-state index in [0.717, 1.165) is 17.7 Å². The Labute approximate surface area is 146 Å². The first-order valence-electron chi connectivity index (χ1n) is 7.07. The summed E-state index contributed by atoms with van der Waals surface area (Å²) in [6.45, 7) is 1.16. The Bertz CT molecular complexity index is 806. The van der Waals surface area contributed by atoms with Crippen molar-refractivity contribution in [3.05, 3.63) is 64.2 Å². The zero-order valence-corrected chi connectivity index (χ0v) is 13.7. The second-order valence-electron chi connectivity index (χ2n) is 5.17. The van der Waals surface area contributed by atoms with Crippen molar-refractivity contribution in [1.82, 2.24) is 0 Å². The predicted molar refractivity (Wildman–Crippen MR) is 86.5 cm³/mol. The molecule has 2 aromatic rings. The smallest absolute Gasteiger partial charge is 0.416 e. The van der Waals surface area contributed by atoms with Crippen LogP contribution < -0.4 is 5.32 Å². The zero-order chi connectivity index (χ0) is 18.6. The van der Waals surface area contributed by atoms with Crippen molar-refractivity contribution in [3.63, 3.8) is 0 Å². The van der Waals surface area contributed by atoms with E-state index in [-0.39, 0.29) is 5.56 Å². The van der Waals surface area contributed by atoms with Crippen molar-refractivity contribution in [2.24, 2.45) is 0 Å². The molecule has 0 unspecified atom stereocenters. The molecule has 0 aliphatic carbocycles. The van der Waals surface area contributed by atoms with Gasteiger partial charge in [-0.2, -0.15) is 13.2 Å². The Morgan fingerprint density at radius 3 is 2.52 bits per heavy atom. The van der Waals surface area contributed by atoms with Gasteiger partial charge in [0, 0.05) is 10.7 Å². The summed E-state index contributed by atoms with van der Waals surface area (Å²) in [6, 6.07) is 8.62. The summed E-state index contributed by atoms with van der Waals surface area (Å²) in [7, 11) is 0. The minimum atomic E-state index is -4.57. The van der Waals surface area contributed by atoms with Gasteiger partial charge < -0.3 is 10.1 Å². The van der Waals surface area contributed by atoms with Crippen molar-refractivity contribution in [2.75, 3.05) is 11.9 Å². The molecule has 0 atom stereocenters. The highest BCUT2D eigenvalue weighted by molar-refractivity contribution is 6.31. The van der Waals surface area contributed by atoms with Gasteiger partial charge in [-0.3, -0.25) is 4.79 Å². The van der Waals surface area contributed by atoms with E-state index >= 15 is 0 Å². The van der Waals surface area contributed by atoms with Crippen molar-refractivity contribution >= 4 is 29.2 Å². The van der Waals surface area contributed by atoms with E-state index in [1.807, 2.05) is 0 Å². The van der Waals surface area contributed by atoms with Crippen LogP contribution in [0.2, 0.25) is 5.02 Å². The molecule has 4 nitrogen and oxygen atoms in total. The number of nitrogens with one attached hydrogen (secondary N) is 1. The average molecular weight is 372 g/mol. The lowest BCUT2D eigenvalue weighted by Crippen LogP contribution is -2.21. The lowest BCUT2D eigenvalue weighted by Gasteiger charge is -2.09. The quantitative estimate of drug-likeness (QED) is 0.807. The largest absolute Gasteiger partial charge is 0.452 e. The average Bonchev–Trinajstić information content (AvgIpc) is 2.55. The van der Waals surface area contributed by atoms with Crippen LogP contribution in [0.3, 0.4) is 0 Å². The summed E-state index contributed by atoms with van der Waals surface area (Å²) in [5, 5.41) is 2.93. The van der Waals surface area contributed by atoms with Crippen LogP contribution >= 0.6 is 11.6 Å². The highest BCUT2D eigenvalue weighted by Gasteiger charge is 2.31. The van der Waals surface area contributed by atoms with Crippen LogP contribution in [0, 0.1) is 6.92 Å². The summed E-state index contributed by atoms with van der Waals surface area (Å²) in [5.41, 5.74) is -0.0203. The SMILES string of the molecule is Cc1ccc(NC(=O)COC(=O)c2cccc(C(F)(F)F)c2)cc1Cl. The molecular formula is C17H13ClF3NO3. The van der Waals surface area contributed by atoms with E-state index in [1.165, 1.54) is 12.1 Å². The molecule has 0 aliphatic heterocycles. The number of alkyl halides is 3. The number of aryl methyl sites for hydroxylation is 1. The van der Waals surface area contributed by atoms with Crippen LogP contribution in [0.25, 0.3) is 0 Å². The molecule has 0 spiro atoms. The van der Waals surface area contributed by atoms with Crippen molar-refractivity contribution in [3.8, 4) is 0 Å². The number of hydrogen-bond acceptors (Lipinski definition) is 3. The monoisotopic (exact) mass is 371 g/mol. The van der Waals surface area contributed by atoms with E-state index in [4.69, 9.17) is 16.3 Å². The molecule has 2 rings (SSSR count). The fraction of sp³-hybridized carbons (Fsp3) is 0.176. The minimum absolute atomic E-state index is 0.291. The Morgan fingerprint density at radius 2 is 1.88 bits per heavy atom. The molecule has 0 bridgehead atoms. The topological polar surface area (TPSA) is 55.4 Å². The van der Waals surface area contributed by atoms with Gasteiger partial charge in [-0.15, -0.1) is 0 Å². The standard InChI is InChI=1S/C17H13ClF3NO3/c1-10-5-6-13(8-14(10)18)22-15(23)9-25-16(24)11-3-2-4-12(7-11)17(19,20)21/h2-8H,9H2,1H3,(H,22,23). The molecule has 132 valence electrons. The molecule has 0 fully saturated rings. The molecule has 0 aliphatic rings. The second kappa shape index (κ2) is 7.57. The third kappa shape index (κ3) is 5.22. The first kappa shape index (κ1) is 18.8. The Kier molecular flexibility index (Phi) is 5.69. The van der Waals surface area contributed by atoms with E-state index < -0.39 is 30.2 Å². The third-order valence-electron chi connectivity index (χ3n) is 3.22. The van der Waals surface area contributed by atoms with Crippen LogP contribution in [0.15, 0.2) is 42.5 Å². The van der Waals surface area contributed by atoms with Crippen LogP contribution in [0.1, 0.15) is 21.5 Å². The number of rotatable bonds is 4. The molecule has 0 saturated heterocycles. The number of benzene rings is 2. The van der Waals surface area contributed by atoms with Crippen LogP contribution in [0.4, 0.5) is 18.9 Å². The summed E-state index contributed by atoms with van der Waals surface area (Å²) in [6.07, 6.45) is -4.57. The summed E-state index contributed by atoms with van der Waals surface area (Å²) in [5.74, 6) is -1.66. The van der Waals surface area contributed by atoms with Gasteiger partial charge >= 0.3 is 12.1 Å². The van der Waals surface area contributed by atoms with Gasteiger partial charge in [0.25, 0.3) is 5.91 Å². The first-order valence-corrected chi connectivity index (χ1v) is 7.45. The van der Waals surface area contributed by atoms with Gasteiger partial charge in [0.15, 0.2) is 6.61 Å². The molecule has 8 heteroatoms. The molecule has 25 heavy (non-hydrogen) atoms. The Morgan fingerprint density at radius 1 is 1.16 bits per heavy atom. The lowest BCUT2D eigenvalue weighted by atomic mass is 10.1. The van der Waals surface area contributed by atoms with Crippen LogP contribution in [-0.4, -0.2) is 18.5 Å². The normalized spacial score (nSPS) is 11.1. The van der Waals surface area contributed by atoms with Crippen LogP contribution in [0.5, 0.6) is 0 Å². The number of esters is 1. The number of amides is 1. The van der Waals surface area contributed by atoms with Crippen molar-refractivity contribution in [1.29, 1.82) is 0 Å². The van der Waals surface area contributed by atoms with Crippen molar-refractivity contribution < 1.29 is 27.5 Å². The van der Waals surface area contributed by atoms with Gasteiger partial charge in [-0.05, 0) is 42.8 Å². The molecule has 2 aromatic carbocycles. The number of hydrogen-bond donors (Lipinski definition) is 1. The zero-order valence-electron chi connectivity index (χ0n) is 13.0. The maximum atomic E-state index is 12.6. The second-order valence-corrected chi connectivity index (χ2v) is 5.57. The molecule has 1 N–H and O–H groups in total. The summed E-state index contributed by atoms with van der Waals surface area (Å²) >= 11 is 5.93. The fourth-order valence-electron chi connectivity index (χ4n) is 1.90. The highest BCUT2D eigenvalue weighted by atomic mass is 35.5. The maximum Gasteiger partial charge on any atom is 0.416 e. The predicted octanol–water partition coefficient (Wildman–Crippen LogP) is 4.46. The lowest BCUT2D eigenvalue weighted by molar-refractivity contribution is -0.137. The fourth-order valence-corrected chi connectivity index (χ4v) is 2.09. The number of carbonyl (C=O) groups is 2. The highest BCUT2D eigenvalue weighted by Crippen LogP contribution is 2.29. The van der Waals surface area contributed by atoms with E-state index in [1.54, 1.807) is 19.1 Å². The van der Waals surface area contributed by atoms with Gasteiger partial charge in [0.05, 0.1) is 11.1 Å². The van der Waals surface area contributed by atoms with E-state index in [2.05, 4.69) is 5.32 Å². The Hall–Kier alpha value is -2.54. The molecule has 0 heterocycles. The number of ether oxygens (including phenoxy) is 1. The molecule has 0 aromatic heterocycles. The maximum absolute atomic E-state index is 12.6. The molecule has 0 radical (unpaired) electrons. The van der Waals surface area contributed by atoms with E-state index in [0.29, 0.717) is 16.8 Å². The number of halogens is 4. The minimum Gasteiger partial charge on any atom is -0.452 e. The first-order chi connectivity index (χ1) is 11.7. The third-order valence-corrected chi connectivity index (χ3v) is 3.62.